The fourth-order valence-corrected chi connectivity index (χ4v) is 2.81. The van der Waals surface area contributed by atoms with Crippen LogP contribution in [0.1, 0.15) is 34.5 Å². The Bertz CT molecular complexity index is 938. The third-order valence-electron chi connectivity index (χ3n) is 4.10. The molecule has 1 atom stereocenters. The van der Waals surface area contributed by atoms with Crippen molar-refractivity contribution >= 4 is 16.9 Å². The highest BCUT2D eigenvalue weighted by molar-refractivity contribution is 5.94. The fraction of sp³-hybridized carbons (Fsp3) is 0.263. The summed E-state index contributed by atoms with van der Waals surface area (Å²) in [6.07, 6.45) is 0. The molecule has 1 amide bonds. The quantitative estimate of drug-likeness (QED) is 0.668. The molecule has 0 aliphatic rings. The molecule has 25 heavy (non-hydrogen) atoms. The molecule has 1 heterocycles. The van der Waals surface area contributed by atoms with E-state index in [9.17, 15) is 9.59 Å². The van der Waals surface area contributed by atoms with Gasteiger partial charge in [0.05, 0.1) is 17.1 Å². The minimum Gasteiger partial charge on any atom is -0.346 e. The molecule has 3 aromatic rings. The van der Waals surface area contributed by atoms with Crippen LogP contribution in [-0.4, -0.2) is 34.9 Å². The van der Waals surface area contributed by atoms with Gasteiger partial charge >= 0.3 is 5.69 Å². The molecule has 0 radical (unpaired) electrons. The number of nitrogens with one attached hydrogen (secondary N) is 3. The SMILES string of the molecule is C[C@H](NC(=O)c1ccc(CN(C)C)cc1)c1ccc2[nH]c(=O)[nH]c2c1. The van der Waals surface area contributed by atoms with E-state index in [1.54, 1.807) is 0 Å². The third-order valence-corrected chi connectivity index (χ3v) is 4.10. The minimum absolute atomic E-state index is 0.119. The van der Waals surface area contributed by atoms with Crippen molar-refractivity contribution in [3.05, 3.63) is 69.6 Å². The molecule has 130 valence electrons. The maximum atomic E-state index is 12.4. The van der Waals surface area contributed by atoms with E-state index in [0.29, 0.717) is 5.56 Å². The first kappa shape index (κ1) is 17.0. The van der Waals surface area contributed by atoms with E-state index in [-0.39, 0.29) is 17.6 Å². The highest BCUT2D eigenvalue weighted by Gasteiger charge is 2.12. The standard InChI is InChI=1S/C19H22N4O2/c1-12(15-8-9-16-17(10-15)22-19(25)21-16)20-18(24)14-6-4-13(5-7-14)11-23(2)3/h4-10,12H,11H2,1-3H3,(H,20,24)(H2,21,22,25)/t12-/m0/s1. The lowest BCUT2D eigenvalue weighted by atomic mass is 10.1. The lowest BCUT2D eigenvalue weighted by molar-refractivity contribution is 0.0940. The second-order valence-electron chi connectivity index (χ2n) is 6.51. The van der Waals surface area contributed by atoms with Crippen molar-refractivity contribution in [2.24, 2.45) is 0 Å². The highest BCUT2D eigenvalue weighted by Crippen LogP contribution is 2.17. The molecule has 0 unspecified atom stereocenters. The topological polar surface area (TPSA) is 81.0 Å². The molecular formula is C19H22N4O2. The van der Waals surface area contributed by atoms with E-state index in [0.717, 1.165) is 28.7 Å². The van der Waals surface area contributed by atoms with Crippen LogP contribution in [0.3, 0.4) is 0 Å². The molecule has 3 N–H and O–H groups in total. The Morgan fingerprint density at radius 3 is 2.44 bits per heavy atom. The average Bonchev–Trinajstić information content (AvgIpc) is 2.93. The number of carbonyl (C=O) groups excluding carboxylic acids is 1. The van der Waals surface area contributed by atoms with Crippen LogP contribution in [-0.2, 0) is 6.54 Å². The molecule has 0 aliphatic heterocycles. The van der Waals surface area contributed by atoms with Crippen LogP contribution >= 0.6 is 0 Å². The second-order valence-corrected chi connectivity index (χ2v) is 6.51. The zero-order valence-electron chi connectivity index (χ0n) is 14.6. The maximum Gasteiger partial charge on any atom is 0.323 e. The number of amides is 1. The number of hydrogen-bond donors (Lipinski definition) is 3. The molecular weight excluding hydrogens is 316 g/mol. The Kier molecular flexibility index (Phi) is 4.72. The number of aromatic amines is 2. The largest absolute Gasteiger partial charge is 0.346 e. The summed E-state index contributed by atoms with van der Waals surface area (Å²) in [6, 6.07) is 13.1. The number of hydrogen-bond acceptors (Lipinski definition) is 3. The van der Waals surface area contributed by atoms with Gasteiger partial charge in [-0.2, -0.15) is 0 Å². The summed E-state index contributed by atoms with van der Waals surface area (Å²) < 4.78 is 0. The van der Waals surface area contributed by atoms with E-state index < -0.39 is 0 Å². The van der Waals surface area contributed by atoms with E-state index in [1.165, 1.54) is 0 Å². The smallest absolute Gasteiger partial charge is 0.323 e. The monoisotopic (exact) mass is 338 g/mol. The number of imidazole rings is 1. The number of benzene rings is 2. The Labute approximate surface area is 145 Å². The van der Waals surface area contributed by atoms with Gasteiger partial charge in [0, 0.05) is 12.1 Å². The Hall–Kier alpha value is -2.86. The van der Waals surface area contributed by atoms with Crippen LogP contribution in [0.5, 0.6) is 0 Å². The summed E-state index contributed by atoms with van der Waals surface area (Å²) in [5.41, 5.74) is 3.98. The molecule has 0 aliphatic carbocycles. The molecule has 2 aromatic carbocycles. The predicted octanol–water partition coefficient (Wildman–Crippen LogP) is 2.41. The molecule has 6 nitrogen and oxygen atoms in total. The van der Waals surface area contributed by atoms with Crippen LogP contribution in [0, 0.1) is 0 Å². The first-order chi connectivity index (χ1) is 11.9. The van der Waals surface area contributed by atoms with Crippen LogP contribution in [0.2, 0.25) is 0 Å². The van der Waals surface area contributed by atoms with Crippen molar-refractivity contribution in [3.63, 3.8) is 0 Å². The summed E-state index contributed by atoms with van der Waals surface area (Å²) in [4.78, 5) is 31.3. The van der Waals surface area contributed by atoms with Gasteiger partial charge in [-0.25, -0.2) is 4.79 Å². The van der Waals surface area contributed by atoms with Crippen molar-refractivity contribution in [2.75, 3.05) is 14.1 Å². The molecule has 1 aromatic heterocycles. The van der Waals surface area contributed by atoms with Crippen molar-refractivity contribution in [1.29, 1.82) is 0 Å². The van der Waals surface area contributed by atoms with Crippen molar-refractivity contribution in [2.45, 2.75) is 19.5 Å². The van der Waals surface area contributed by atoms with Crippen molar-refractivity contribution in [1.82, 2.24) is 20.2 Å². The number of nitrogens with zero attached hydrogens (tertiary/aromatic N) is 1. The number of aromatic nitrogens is 2. The summed E-state index contributed by atoms with van der Waals surface area (Å²) >= 11 is 0. The van der Waals surface area contributed by atoms with Gasteiger partial charge in [0.25, 0.3) is 5.91 Å². The number of H-pyrrole nitrogens is 2. The number of carbonyl (C=O) groups is 1. The molecule has 0 spiro atoms. The number of fused-ring (bicyclic) bond motifs is 1. The van der Waals surface area contributed by atoms with Gasteiger partial charge in [0.2, 0.25) is 0 Å². The summed E-state index contributed by atoms with van der Waals surface area (Å²) in [5.74, 6) is -0.119. The lowest BCUT2D eigenvalue weighted by Gasteiger charge is -2.15. The van der Waals surface area contributed by atoms with Gasteiger partial charge in [-0.15, -0.1) is 0 Å². The summed E-state index contributed by atoms with van der Waals surface area (Å²) in [6.45, 7) is 2.76. The van der Waals surface area contributed by atoms with E-state index in [2.05, 4.69) is 20.2 Å². The zero-order chi connectivity index (χ0) is 18.0. The molecule has 0 fully saturated rings. The van der Waals surface area contributed by atoms with Gasteiger partial charge < -0.3 is 20.2 Å². The van der Waals surface area contributed by atoms with E-state index >= 15 is 0 Å². The molecule has 0 bridgehead atoms. The highest BCUT2D eigenvalue weighted by atomic mass is 16.2. The van der Waals surface area contributed by atoms with E-state index in [4.69, 9.17) is 0 Å². The first-order valence-corrected chi connectivity index (χ1v) is 8.19. The van der Waals surface area contributed by atoms with Gasteiger partial charge in [-0.05, 0) is 56.4 Å². The second kappa shape index (κ2) is 6.94. The van der Waals surface area contributed by atoms with Crippen molar-refractivity contribution < 1.29 is 4.79 Å². The summed E-state index contributed by atoms with van der Waals surface area (Å²) in [7, 11) is 4.02. The predicted molar refractivity (Wildman–Crippen MR) is 98.6 cm³/mol. The summed E-state index contributed by atoms with van der Waals surface area (Å²) in [5, 5.41) is 2.99. The Morgan fingerprint density at radius 1 is 1.08 bits per heavy atom. The molecule has 6 heteroatoms. The van der Waals surface area contributed by atoms with Crippen LogP contribution in [0.15, 0.2) is 47.3 Å². The van der Waals surface area contributed by atoms with Crippen molar-refractivity contribution in [3.8, 4) is 0 Å². The van der Waals surface area contributed by atoms with Gasteiger partial charge in [0.1, 0.15) is 0 Å². The Balaban J connectivity index is 1.71. The maximum absolute atomic E-state index is 12.4. The lowest BCUT2D eigenvalue weighted by Crippen LogP contribution is -2.26. The average molecular weight is 338 g/mol. The first-order valence-electron chi connectivity index (χ1n) is 8.19. The Morgan fingerprint density at radius 2 is 1.76 bits per heavy atom. The van der Waals surface area contributed by atoms with Crippen LogP contribution in [0.25, 0.3) is 11.0 Å². The van der Waals surface area contributed by atoms with Crippen LogP contribution < -0.4 is 11.0 Å². The minimum atomic E-state index is -0.235. The van der Waals surface area contributed by atoms with Gasteiger partial charge in [-0.3, -0.25) is 4.79 Å². The number of rotatable bonds is 5. The normalized spacial score (nSPS) is 12.5. The molecule has 3 rings (SSSR count). The third kappa shape index (κ3) is 3.97. The molecule has 0 saturated heterocycles. The molecule has 0 saturated carbocycles. The van der Waals surface area contributed by atoms with E-state index in [1.807, 2.05) is 63.5 Å². The van der Waals surface area contributed by atoms with Crippen LogP contribution in [0.4, 0.5) is 0 Å². The fourth-order valence-electron chi connectivity index (χ4n) is 2.81. The van der Waals surface area contributed by atoms with Gasteiger partial charge in [-0.1, -0.05) is 18.2 Å². The van der Waals surface area contributed by atoms with Gasteiger partial charge in [0.15, 0.2) is 0 Å². The zero-order valence-corrected chi connectivity index (χ0v) is 14.6.